The van der Waals surface area contributed by atoms with Gasteiger partial charge in [-0.25, -0.2) is 4.98 Å². The van der Waals surface area contributed by atoms with E-state index >= 15 is 0 Å². The average Bonchev–Trinajstić information content (AvgIpc) is 2.56. The number of nitrogens with zero attached hydrogens (tertiary/aromatic N) is 1. The number of anilines is 2. The third kappa shape index (κ3) is 3.54. The van der Waals surface area contributed by atoms with Crippen LogP contribution in [0.1, 0.15) is 19.4 Å². The van der Waals surface area contributed by atoms with Gasteiger partial charge in [0, 0.05) is 0 Å². The molecule has 1 amide bonds. The van der Waals surface area contributed by atoms with E-state index in [2.05, 4.69) is 10.3 Å². The molecule has 0 atom stereocenters. The first-order valence-electron chi connectivity index (χ1n) is 7.40. The summed E-state index contributed by atoms with van der Waals surface area (Å²) in [5.74, 6) is 1.65. The number of halogens is 1. The number of carbonyl (C=O) groups is 1. The van der Waals surface area contributed by atoms with Crippen molar-refractivity contribution in [2.75, 3.05) is 24.3 Å². The largest absolute Gasteiger partial charge is 0.486 e. The fourth-order valence-corrected chi connectivity index (χ4v) is 2.33. The van der Waals surface area contributed by atoms with Crippen LogP contribution in [0.4, 0.5) is 11.5 Å². The summed E-state index contributed by atoms with van der Waals surface area (Å²) in [6.07, 6.45) is 1.53. The van der Waals surface area contributed by atoms with Crippen molar-refractivity contribution in [1.29, 1.82) is 0 Å². The van der Waals surface area contributed by atoms with Crippen molar-refractivity contribution in [3.63, 3.8) is 0 Å². The lowest BCUT2D eigenvalue weighted by Gasteiger charge is -2.26. The second-order valence-electron chi connectivity index (χ2n) is 5.91. The summed E-state index contributed by atoms with van der Waals surface area (Å²) in [5.41, 5.74) is 6.27. The molecule has 3 N–H and O–H groups in total. The van der Waals surface area contributed by atoms with E-state index in [4.69, 9.17) is 15.2 Å². The summed E-state index contributed by atoms with van der Waals surface area (Å²) in [6, 6.07) is 8.94. The van der Waals surface area contributed by atoms with Gasteiger partial charge in [-0.1, -0.05) is 6.07 Å². The molecule has 128 valence electrons. The summed E-state index contributed by atoms with van der Waals surface area (Å²) in [5, 5.41) is 2.86. The first-order valence-corrected chi connectivity index (χ1v) is 7.40. The van der Waals surface area contributed by atoms with Crippen LogP contribution in [0.25, 0.3) is 0 Å². The van der Waals surface area contributed by atoms with Crippen molar-refractivity contribution in [3.05, 3.63) is 42.1 Å². The molecule has 0 fully saturated rings. The van der Waals surface area contributed by atoms with Gasteiger partial charge >= 0.3 is 0 Å². The highest BCUT2D eigenvalue weighted by atomic mass is 35.5. The Kier molecular flexibility index (Phi) is 5.19. The second-order valence-corrected chi connectivity index (χ2v) is 5.91. The second kappa shape index (κ2) is 6.97. The van der Waals surface area contributed by atoms with Crippen LogP contribution in [0.5, 0.6) is 11.5 Å². The molecular weight excluding hydrogens is 330 g/mol. The van der Waals surface area contributed by atoms with Crippen molar-refractivity contribution in [1.82, 2.24) is 4.98 Å². The summed E-state index contributed by atoms with van der Waals surface area (Å²) in [7, 11) is 0. The van der Waals surface area contributed by atoms with E-state index in [1.807, 2.05) is 32.0 Å². The Labute approximate surface area is 146 Å². The predicted octanol–water partition coefficient (Wildman–Crippen LogP) is 2.77. The minimum absolute atomic E-state index is 0. The summed E-state index contributed by atoms with van der Waals surface area (Å²) in [4.78, 5) is 16.6. The zero-order valence-corrected chi connectivity index (χ0v) is 14.4. The number of benzene rings is 1. The Morgan fingerprint density at radius 1 is 1.17 bits per heavy atom. The van der Waals surface area contributed by atoms with Gasteiger partial charge < -0.3 is 20.5 Å². The minimum atomic E-state index is -0.739. The molecule has 0 radical (unpaired) electrons. The number of ether oxygens (including phenoxy) is 2. The minimum Gasteiger partial charge on any atom is -0.486 e. The number of hydrogen-bond donors (Lipinski definition) is 2. The molecule has 0 aliphatic carbocycles. The number of rotatable bonds is 3. The quantitative estimate of drug-likeness (QED) is 0.889. The Hall–Kier alpha value is -2.47. The van der Waals surface area contributed by atoms with Crippen LogP contribution < -0.4 is 20.5 Å². The van der Waals surface area contributed by atoms with Gasteiger partial charge in [0.1, 0.15) is 19.0 Å². The number of nitrogen functional groups attached to an aromatic ring is 1. The number of fused-ring (bicyclic) bond motifs is 1. The standard InChI is InChI=1S/C17H19N3O3.ClH/c1-17(2,16(21)20-12-4-6-15(18)19-10-12)11-3-5-13-14(9-11)23-8-7-22-13;/h3-6,9-10H,7-8H2,1-2H3,(H2,18,19)(H,20,21);1H. The zero-order valence-electron chi connectivity index (χ0n) is 13.5. The molecule has 1 aromatic carbocycles. The van der Waals surface area contributed by atoms with Crippen LogP contribution in [-0.4, -0.2) is 24.1 Å². The maximum Gasteiger partial charge on any atom is 0.234 e. The monoisotopic (exact) mass is 349 g/mol. The molecule has 3 rings (SSSR count). The van der Waals surface area contributed by atoms with E-state index in [1.54, 1.807) is 12.1 Å². The first kappa shape index (κ1) is 17.9. The number of hydrogen-bond acceptors (Lipinski definition) is 5. The van der Waals surface area contributed by atoms with E-state index < -0.39 is 5.41 Å². The van der Waals surface area contributed by atoms with Gasteiger partial charge in [-0.3, -0.25) is 4.79 Å². The number of nitrogens with one attached hydrogen (secondary N) is 1. The fourth-order valence-electron chi connectivity index (χ4n) is 2.33. The normalized spacial score (nSPS) is 12.9. The number of aromatic nitrogens is 1. The average molecular weight is 350 g/mol. The van der Waals surface area contributed by atoms with Crippen molar-refractivity contribution in [2.45, 2.75) is 19.3 Å². The highest BCUT2D eigenvalue weighted by Gasteiger charge is 2.31. The van der Waals surface area contributed by atoms with Gasteiger partial charge in [0.25, 0.3) is 0 Å². The first-order chi connectivity index (χ1) is 11.0. The molecular formula is C17H20ClN3O3. The van der Waals surface area contributed by atoms with Gasteiger partial charge in [0.2, 0.25) is 5.91 Å². The molecule has 1 aliphatic rings. The highest BCUT2D eigenvalue weighted by Crippen LogP contribution is 2.35. The molecule has 6 nitrogen and oxygen atoms in total. The van der Waals surface area contributed by atoms with Crippen LogP contribution in [0.2, 0.25) is 0 Å². The highest BCUT2D eigenvalue weighted by molar-refractivity contribution is 5.98. The third-order valence-electron chi connectivity index (χ3n) is 3.88. The summed E-state index contributed by atoms with van der Waals surface area (Å²) in [6.45, 7) is 4.78. The Balaban J connectivity index is 0.00000208. The molecule has 0 saturated heterocycles. The smallest absolute Gasteiger partial charge is 0.234 e. The van der Waals surface area contributed by atoms with Crippen LogP contribution in [-0.2, 0) is 10.2 Å². The van der Waals surface area contributed by atoms with E-state index in [1.165, 1.54) is 6.20 Å². The van der Waals surface area contributed by atoms with E-state index in [9.17, 15) is 4.79 Å². The maximum absolute atomic E-state index is 12.6. The predicted molar refractivity (Wildman–Crippen MR) is 95.0 cm³/mol. The summed E-state index contributed by atoms with van der Waals surface area (Å²) >= 11 is 0. The van der Waals surface area contributed by atoms with Crippen LogP contribution in [0, 0.1) is 0 Å². The molecule has 1 aliphatic heterocycles. The van der Waals surface area contributed by atoms with Gasteiger partial charge in [-0.2, -0.15) is 0 Å². The lowest BCUT2D eigenvalue weighted by molar-refractivity contribution is -0.120. The maximum atomic E-state index is 12.6. The van der Waals surface area contributed by atoms with Gasteiger partial charge in [0.15, 0.2) is 11.5 Å². The van der Waals surface area contributed by atoms with E-state index in [0.29, 0.717) is 36.2 Å². The van der Waals surface area contributed by atoms with Crippen molar-refractivity contribution >= 4 is 29.8 Å². The SMILES string of the molecule is CC(C)(C(=O)Nc1ccc(N)nc1)c1ccc2c(c1)OCCO2.Cl. The van der Waals surface area contributed by atoms with Crippen LogP contribution in [0.3, 0.4) is 0 Å². The molecule has 0 saturated carbocycles. The van der Waals surface area contributed by atoms with E-state index in [0.717, 1.165) is 5.56 Å². The summed E-state index contributed by atoms with van der Waals surface area (Å²) < 4.78 is 11.1. The molecule has 2 heterocycles. The topological polar surface area (TPSA) is 86.5 Å². The number of amides is 1. The molecule has 0 bridgehead atoms. The lowest BCUT2D eigenvalue weighted by atomic mass is 9.83. The molecule has 0 spiro atoms. The molecule has 24 heavy (non-hydrogen) atoms. The Morgan fingerprint density at radius 3 is 2.54 bits per heavy atom. The van der Waals surface area contributed by atoms with E-state index in [-0.39, 0.29) is 18.3 Å². The number of pyridine rings is 1. The van der Waals surface area contributed by atoms with Gasteiger partial charge in [0.05, 0.1) is 17.3 Å². The third-order valence-corrected chi connectivity index (χ3v) is 3.88. The van der Waals surface area contributed by atoms with Crippen molar-refractivity contribution < 1.29 is 14.3 Å². The fraction of sp³-hybridized carbons (Fsp3) is 0.294. The lowest BCUT2D eigenvalue weighted by Crippen LogP contribution is -2.35. The van der Waals surface area contributed by atoms with Gasteiger partial charge in [-0.15, -0.1) is 12.4 Å². The number of carbonyl (C=O) groups excluding carboxylic acids is 1. The van der Waals surface area contributed by atoms with Crippen molar-refractivity contribution in [2.24, 2.45) is 0 Å². The van der Waals surface area contributed by atoms with Crippen LogP contribution in [0.15, 0.2) is 36.5 Å². The Bertz CT molecular complexity index is 732. The molecule has 0 unspecified atom stereocenters. The van der Waals surface area contributed by atoms with Crippen molar-refractivity contribution in [3.8, 4) is 11.5 Å². The van der Waals surface area contributed by atoms with Crippen LogP contribution >= 0.6 is 12.4 Å². The molecule has 1 aromatic heterocycles. The molecule has 7 heteroatoms. The Morgan fingerprint density at radius 2 is 1.88 bits per heavy atom. The number of nitrogens with two attached hydrogens (primary N) is 1. The molecule has 2 aromatic rings. The zero-order chi connectivity index (χ0) is 16.4. The van der Waals surface area contributed by atoms with Gasteiger partial charge in [-0.05, 0) is 43.7 Å².